The molecule has 1 unspecified atom stereocenters. The Bertz CT molecular complexity index is 314. The summed E-state index contributed by atoms with van der Waals surface area (Å²) in [6.07, 6.45) is 4.57. The van der Waals surface area contributed by atoms with Gasteiger partial charge in [-0.1, -0.05) is 33.3 Å². The van der Waals surface area contributed by atoms with Gasteiger partial charge in [-0.25, -0.2) is 4.79 Å². The van der Waals surface area contributed by atoms with Gasteiger partial charge in [-0.2, -0.15) is 0 Å². The fourth-order valence-corrected chi connectivity index (χ4v) is 11.1. The first-order valence-corrected chi connectivity index (χ1v) is 13.7. The predicted molar refractivity (Wildman–Crippen MR) is 91.0 cm³/mol. The number of hydrogen-bond acceptors (Lipinski definition) is 3. The topological polar surface area (TPSA) is 35.5 Å². The smallest absolute Gasteiger partial charge is 0.330 e. The molecule has 0 aromatic carbocycles. The van der Waals surface area contributed by atoms with E-state index in [0.717, 1.165) is 6.42 Å². The van der Waals surface area contributed by atoms with Crippen molar-refractivity contribution in [1.82, 2.24) is 0 Å². The van der Waals surface area contributed by atoms with E-state index in [1.165, 1.54) is 25.0 Å². The molecule has 0 aromatic heterocycles. The summed E-state index contributed by atoms with van der Waals surface area (Å²) in [6.45, 7) is 17.5. The van der Waals surface area contributed by atoms with Gasteiger partial charge in [-0.15, -0.1) is 0 Å². The van der Waals surface area contributed by atoms with Crippen LogP contribution in [0.2, 0.25) is 37.8 Å². The Hall–Kier alpha value is -0.396. The van der Waals surface area contributed by atoms with Gasteiger partial charge in [0.1, 0.15) is 0 Å². The summed E-state index contributed by atoms with van der Waals surface area (Å²) in [4.78, 5) is 11.0. The number of hydrogen-bond donors (Lipinski definition) is 0. The lowest BCUT2D eigenvalue weighted by molar-refractivity contribution is -0.137. The average Bonchev–Trinajstić information content (AvgIpc) is 2.34. The van der Waals surface area contributed by atoms with E-state index in [0.29, 0.717) is 12.1 Å². The molecule has 0 saturated heterocycles. The highest BCUT2D eigenvalue weighted by Gasteiger charge is 2.36. The van der Waals surface area contributed by atoms with Crippen LogP contribution in [-0.2, 0) is 13.6 Å². The van der Waals surface area contributed by atoms with Crippen LogP contribution < -0.4 is 0 Å². The molecule has 0 spiro atoms. The fraction of sp³-hybridized carbons (Fsp3) is 0.800. The minimum absolute atomic E-state index is 0.338. The van der Waals surface area contributed by atoms with Crippen molar-refractivity contribution in [1.29, 1.82) is 0 Å². The van der Waals surface area contributed by atoms with Crippen molar-refractivity contribution in [3.63, 3.8) is 0 Å². The molecule has 0 fully saturated rings. The van der Waals surface area contributed by atoms with Crippen LogP contribution in [0.5, 0.6) is 0 Å². The molecule has 0 aromatic rings. The molecule has 0 heterocycles. The minimum Gasteiger partial charge on any atom is -0.463 e. The number of carbonyl (C=O) groups excluding carboxylic acids is 1. The summed E-state index contributed by atoms with van der Waals surface area (Å²) in [7, 11) is -3.28. The zero-order valence-electron chi connectivity index (χ0n) is 14.1. The minimum atomic E-state index is -1.73. The molecule has 20 heavy (non-hydrogen) atoms. The quantitative estimate of drug-likeness (QED) is 0.332. The molecule has 0 aliphatic rings. The van der Waals surface area contributed by atoms with Crippen LogP contribution in [0, 0.1) is 0 Å². The lowest BCUT2D eigenvalue weighted by Gasteiger charge is -2.38. The first kappa shape index (κ1) is 19.6. The van der Waals surface area contributed by atoms with Crippen molar-refractivity contribution < 1.29 is 13.6 Å². The largest absolute Gasteiger partial charge is 0.463 e. The molecule has 0 amide bonds. The Balaban J connectivity index is 4.32. The monoisotopic (exact) mass is 316 g/mol. The number of ether oxygens (including phenoxy) is 1. The second-order valence-electron chi connectivity index (χ2n) is 6.63. The van der Waals surface area contributed by atoms with Gasteiger partial charge in [0.15, 0.2) is 16.6 Å². The zero-order valence-corrected chi connectivity index (χ0v) is 16.1. The van der Waals surface area contributed by atoms with Gasteiger partial charge >= 0.3 is 5.97 Å². The van der Waals surface area contributed by atoms with Crippen molar-refractivity contribution in [3.05, 3.63) is 12.7 Å². The third-order valence-corrected chi connectivity index (χ3v) is 12.4. The van der Waals surface area contributed by atoms with Crippen molar-refractivity contribution in [2.45, 2.75) is 70.9 Å². The molecule has 0 radical (unpaired) electrons. The summed E-state index contributed by atoms with van der Waals surface area (Å²) >= 11 is 0. The Labute approximate surface area is 127 Å². The molecule has 118 valence electrons. The first-order valence-electron chi connectivity index (χ1n) is 7.64. The van der Waals surface area contributed by atoms with Crippen LogP contribution in [-0.4, -0.2) is 29.2 Å². The van der Waals surface area contributed by atoms with Gasteiger partial charge in [-0.05, 0) is 44.2 Å². The van der Waals surface area contributed by atoms with Gasteiger partial charge < -0.3 is 8.85 Å². The Kier molecular flexibility index (Phi) is 8.62. The number of esters is 1. The third-order valence-electron chi connectivity index (χ3n) is 3.82. The maximum absolute atomic E-state index is 11.0. The van der Waals surface area contributed by atoms with E-state index < -0.39 is 16.6 Å². The third kappa shape index (κ3) is 8.02. The van der Waals surface area contributed by atoms with Crippen LogP contribution >= 0.6 is 0 Å². The van der Waals surface area contributed by atoms with Gasteiger partial charge in [0.25, 0.3) is 0 Å². The van der Waals surface area contributed by atoms with Crippen LogP contribution in [0.15, 0.2) is 12.7 Å². The summed E-state index contributed by atoms with van der Waals surface area (Å²) in [5, 5.41) is 0. The number of rotatable bonds is 10. The predicted octanol–water partition coefficient (Wildman–Crippen LogP) is 4.72. The number of unbranched alkanes of at least 4 members (excludes halogenated alkanes) is 1. The molecular weight excluding hydrogens is 284 g/mol. The van der Waals surface area contributed by atoms with Crippen molar-refractivity contribution in [2.75, 3.05) is 6.61 Å². The van der Waals surface area contributed by atoms with E-state index in [1.54, 1.807) is 0 Å². The maximum atomic E-state index is 11.0. The van der Waals surface area contributed by atoms with Crippen molar-refractivity contribution >= 4 is 22.6 Å². The van der Waals surface area contributed by atoms with E-state index in [9.17, 15) is 4.79 Å². The maximum Gasteiger partial charge on any atom is 0.330 e. The van der Waals surface area contributed by atoms with E-state index in [4.69, 9.17) is 8.85 Å². The van der Waals surface area contributed by atoms with Gasteiger partial charge in [0.05, 0.1) is 6.61 Å². The first-order chi connectivity index (χ1) is 9.14. The van der Waals surface area contributed by atoms with Crippen LogP contribution in [0.1, 0.15) is 33.1 Å². The molecule has 0 bridgehead atoms. The molecule has 3 nitrogen and oxygen atoms in total. The normalized spacial score (nSPS) is 13.9. The second-order valence-corrected chi connectivity index (χ2v) is 15.7. The number of carbonyl (C=O) groups is 1. The molecule has 0 saturated carbocycles. The van der Waals surface area contributed by atoms with E-state index in [2.05, 4.69) is 46.6 Å². The SMILES string of the molecule is C=CC(=O)OCCC(C)[Si](C)(C)O[Si](C)(C)CCCC. The fourth-order valence-electron chi connectivity index (χ4n) is 2.21. The zero-order chi connectivity index (χ0) is 15.8. The Morgan fingerprint density at radius 1 is 1.30 bits per heavy atom. The van der Waals surface area contributed by atoms with Gasteiger partial charge in [-0.3, -0.25) is 0 Å². The van der Waals surface area contributed by atoms with Crippen LogP contribution in [0.4, 0.5) is 0 Å². The lowest BCUT2D eigenvalue weighted by atomic mass is 10.3. The van der Waals surface area contributed by atoms with Crippen LogP contribution in [0.3, 0.4) is 0 Å². The molecule has 1 atom stereocenters. The van der Waals surface area contributed by atoms with Crippen LogP contribution in [0.25, 0.3) is 0 Å². The summed E-state index contributed by atoms with van der Waals surface area (Å²) < 4.78 is 11.7. The second kappa shape index (κ2) is 8.79. The summed E-state index contributed by atoms with van der Waals surface area (Å²) in [5.74, 6) is -0.338. The molecular formula is C15H32O3Si2. The van der Waals surface area contributed by atoms with E-state index >= 15 is 0 Å². The summed E-state index contributed by atoms with van der Waals surface area (Å²) in [6, 6.07) is 1.23. The Morgan fingerprint density at radius 3 is 2.40 bits per heavy atom. The van der Waals surface area contributed by atoms with Gasteiger partial charge in [0.2, 0.25) is 0 Å². The highest BCUT2D eigenvalue weighted by Crippen LogP contribution is 2.31. The van der Waals surface area contributed by atoms with Crippen molar-refractivity contribution in [3.8, 4) is 0 Å². The molecule has 0 aliphatic heterocycles. The highest BCUT2D eigenvalue weighted by molar-refractivity contribution is 6.85. The Morgan fingerprint density at radius 2 is 1.90 bits per heavy atom. The van der Waals surface area contributed by atoms with Crippen molar-refractivity contribution in [2.24, 2.45) is 0 Å². The summed E-state index contributed by atoms with van der Waals surface area (Å²) in [5.41, 5.74) is 0.480. The standard InChI is InChI=1S/C15H32O3Si2/c1-8-10-13-19(4,5)18-20(6,7)14(3)11-12-17-15(16)9-2/h9,14H,2,8,10-13H2,1,3-7H3. The van der Waals surface area contributed by atoms with Gasteiger partial charge in [0, 0.05) is 6.08 Å². The lowest BCUT2D eigenvalue weighted by Crippen LogP contribution is -2.47. The highest BCUT2D eigenvalue weighted by atomic mass is 28.4. The molecule has 5 heteroatoms. The van der Waals surface area contributed by atoms with E-state index in [1.807, 2.05) is 0 Å². The van der Waals surface area contributed by atoms with E-state index in [-0.39, 0.29) is 5.97 Å². The molecule has 0 rings (SSSR count). The molecule has 0 N–H and O–H groups in total. The molecule has 0 aliphatic carbocycles. The average molecular weight is 317 g/mol.